The van der Waals surface area contributed by atoms with Gasteiger partial charge in [0.05, 0.1) is 4.90 Å². The van der Waals surface area contributed by atoms with Gasteiger partial charge in [-0.25, -0.2) is 8.42 Å². The van der Waals surface area contributed by atoms with Crippen LogP contribution in [0.1, 0.15) is 29.5 Å². The van der Waals surface area contributed by atoms with Crippen LogP contribution in [-0.4, -0.2) is 38.5 Å². The van der Waals surface area contributed by atoms with Gasteiger partial charge >= 0.3 is 0 Å². The van der Waals surface area contributed by atoms with Crippen molar-refractivity contribution in [1.82, 2.24) is 4.31 Å². The van der Waals surface area contributed by atoms with Gasteiger partial charge in [0, 0.05) is 26.1 Å². The van der Waals surface area contributed by atoms with Crippen molar-refractivity contribution in [3.63, 3.8) is 0 Å². The number of fused-ring (bicyclic) bond motifs is 1. The van der Waals surface area contributed by atoms with Crippen LogP contribution in [0.4, 0.5) is 0 Å². The highest BCUT2D eigenvalue weighted by atomic mass is 32.2. The maximum absolute atomic E-state index is 12.8. The van der Waals surface area contributed by atoms with Crippen molar-refractivity contribution < 1.29 is 13.2 Å². The molecule has 1 saturated heterocycles. The molecule has 2 aliphatic rings. The first kappa shape index (κ1) is 14.8. The van der Waals surface area contributed by atoms with Gasteiger partial charge in [-0.3, -0.25) is 0 Å². The molecule has 116 valence electrons. The van der Waals surface area contributed by atoms with Crippen molar-refractivity contribution >= 4 is 10.0 Å². The van der Waals surface area contributed by atoms with Crippen LogP contribution in [-0.2, 0) is 16.4 Å². The van der Waals surface area contributed by atoms with E-state index in [0.717, 1.165) is 35.3 Å². The predicted octanol–water partition coefficient (Wildman–Crippen LogP) is 1.35. The molecular weight excluding hydrogens is 288 g/mol. The summed E-state index contributed by atoms with van der Waals surface area (Å²) in [6, 6.07) is 1.79. The summed E-state index contributed by atoms with van der Waals surface area (Å²) in [6.45, 7) is 5.48. The van der Waals surface area contributed by atoms with Crippen molar-refractivity contribution in [2.75, 3.05) is 19.6 Å². The van der Waals surface area contributed by atoms with E-state index in [0.29, 0.717) is 31.0 Å². The summed E-state index contributed by atoms with van der Waals surface area (Å²) in [6.07, 6.45) is 2.54. The molecule has 3 rings (SSSR count). The lowest BCUT2D eigenvalue weighted by Gasteiger charge is -2.19. The van der Waals surface area contributed by atoms with Crippen molar-refractivity contribution in [3.05, 3.63) is 22.8 Å². The van der Waals surface area contributed by atoms with E-state index < -0.39 is 10.0 Å². The molecule has 6 heteroatoms. The van der Waals surface area contributed by atoms with Crippen LogP contribution in [0, 0.1) is 13.8 Å². The van der Waals surface area contributed by atoms with Gasteiger partial charge in [0.2, 0.25) is 10.0 Å². The number of nitrogens with zero attached hydrogens (tertiary/aromatic N) is 1. The van der Waals surface area contributed by atoms with E-state index in [1.165, 1.54) is 0 Å². The standard InChI is InChI=1S/C15H22N2O3S/c1-10-11(2)15-12(7-13(9-16)20-15)8-14(10)21(18,19)17-5-3-4-6-17/h8,13H,3-7,9,16H2,1-2H3. The van der Waals surface area contributed by atoms with E-state index in [4.69, 9.17) is 10.5 Å². The summed E-state index contributed by atoms with van der Waals surface area (Å²) in [5.41, 5.74) is 8.35. The molecule has 0 aromatic heterocycles. The van der Waals surface area contributed by atoms with Crippen LogP contribution in [0.25, 0.3) is 0 Å². The maximum atomic E-state index is 12.8. The molecule has 1 unspecified atom stereocenters. The molecule has 0 saturated carbocycles. The molecular formula is C15H22N2O3S. The van der Waals surface area contributed by atoms with E-state index in [1.54, 1.807) is 10.4 Å². The van der Waals surface area contributed by atoms with Crippen molar-refractivity contribution in [1.29, 1.82) is 0 Å². The number of benzene rings is 1. The first-order valence-corrected chi connectivity index (χ1v) is 8.89. The van der Waals surface area contributed by atoms with Gasteiger partial charge in [0.1, 0.15) is 11.9 Å². The molecule has 2 aliphatic heterocycles. The van der Waals surface area contributed by atoms with Gasteiger partial charge in [-0.1, -0.05) is 0 Å². The molecule has 2 heterocycles. The second-order valence-corrected chi connectivity index (χ2v) is 7.81. The Morgan fingerprint density at radius 2 is 1.95 bits per heavy atom. The third-order valence-electron chi connectivity index (χ3n) is 4.55. The minimum atomic E-state index is -3.39. The van der Waals surface area contributed by atoms with Crippen LogP contribution in [0.3, 0.4) is 0 Å². The van der Waals surface area contributed by atoms with Gasteiger partial charge in [-0.2, -0.15) is 4.31 Å². The largest absolute Gasteiger partial charge is 0.488 e. The fourth-order valence-electron chi connectivity index (χ4n) is 3.16. The first-order chi connectivity index (χ1) is 9.95. The van der Waals surface area contributed by atoms with Gasteiger partial charge in [-0.15, -0.1) is 0 Å². The van der Waals surface area contributed by atoms with Crippen molar-refractivity contribution in [2.24, 2.45) is 5.73 Å². The quantitative estimate of drug-likeness (QED) is 0.914. The number of hydrogen-bond acceptors (Lipinski definition) is 4. The SMILES string of the molecule is Cc1c(S(=O)(=O)N2CCCC2)cc2c(c1C)OC(CN)C2. The summed E-state index contributed by atoms with van der Waals surface area (Å²) in [7, 11) is -3.39. The number of ether oxygens (including phenoxy) is 1. The zero-order valence-electron chi connectivity index (χ0n) is 12.6. The molecule has 0 spiro atoms. The van der Waals surface area contributed by atoms with Crippen molar-refractivity contribution in [2.45, 2.75) is 44.1 Å². The molecule has 1 aromatic carbocycles. The Kier molecular flexibility index (Phi) is 3.71. The topological polar surface area (TPSA) is 72.6 Å². The predicted molar refractivity (Wildman–Crippen MR) is 81.1 cm³/mol. The fourth-order valence-corrected chi connectivity index (χ4v) is 5.01. The average Bonchev–Trinajstić information content (AvgIpc) is 3.11. The number of rotatable bonds is 3. The Balaban J connectivity index is 2.07. The molecule has 0 amide bonds. The third-order valence-corrected chi connectivity index (χ3v) is 6.57. The number of sulfonamides is 1. The molecule has 0 bridgehead atoms. The fraction of sp³-hybridized carbons (Fsp3) is 0.600. The molecule has 5 nitrogen and oxygen atoms in total. The van der Waals surface area contributed by atoms with E-state index in [-0.39, 0.29) is 6.10 Å². The Labute approximate surface area is 126 Å². The second kappa shape index (κ2) is 5.26. The maximum Gasteiger partial charge on any atom is 0.243 e. The zero-order chi connectivity index (χ0) is 15.2. The summed E-state index contributed by atoms with van der Waals surface area (Å²) < 4.78 is 33.1. The minimum absolute atomic E-state index is 0.0390. The summed E-state index contributed by atoms with van der Waals surface area (Å²) in [5, 5.41) is 0. The number of hydrogen-bond donors (Lipinski definition) is 1. The Bertz CT molecular complexity index is 664. The van der Waals surface area contributed by atoms with Crippen LogP contribution in [0.2, 0.25) is 0 Å². The van der Waals surface area contributed by atoms with E-state index in [1.807, 2.05) is 13.8 Å². The molecule has 1 aromatic rings. The summed E-state index contributed by atoms with van der Waals surface area (Å²) in [4.78, 5) is 0.432. The highest BCUT2D eigenvalue weighted by Gasteiger charge is 2.33. The highest BCUT2D eigenvalue weighted by Crippen LogP contribution is 2.38. The van der Waals surface area contributed by atoms with Gasteiger partial charge in [0.25, 0.3) is 0 Å². The van der Waals surface area contributed by atoms with E-state index >= 15 is 0 Å². The Morgan fingerprint density at radius 1 is 1.29 bits per heavy atom. The van der Waals surface area contributed by atoms with Crippen LogP contribution in [0.15, 0.2) is 11.0 Å². The highest BCUT2D eigenvalue weighted by molar-refractivity contribution is 7.89. The van der Waals surface area contributed by atoms with Gasteiger partial charge in [0.15, 0.2) is 0 Å². The van der Waals surface area contributed by atoms with Crippen LogP contribution in [0.5, 0.6) is 5.75 Å². The van der Waals surface area contributed by atoms with Crippen LogP contribution < -0.4 is 10.5 Å². The molecule has 1 fully saturated rings. The zero-order valence-corrected chi connectivity index (χ0v) is 13.4. The normalized spacial score (nSPS) is 22.3. The average molecular weight is 310 g/mol. The molecule has 0 aliphatic carbocycles. The summed E-state index contributed by atoms with van der Waals surface area (Å²) >= 11 is 0. The molecule has 1 atom stereocenters. The lowest BCUT2D eigenvalue weighted by molar-refractivity contribution is 0.240. The van der Waals surface area contributed by atoms with E-state index in [2.05, 4.69) is 0 Å². The Morgan fingerprint density at radius 3 is 2.57 bits per heavy atom. The summed E-state index contributed by atoms with van der Waals surface area (Å²) in [5.74, 6) is 0.823. The Hall–Kier alpha value is -1.11. The monoisotopic (exact) mass is 310 g/mol. The number of nitrogens with two attached hydrogens (primary N) is 1. The molecule has 2 N–H and O–H groups in total. The van der Waals surface area contributed by atoms with Gasteiger partial charge in [-0.05, 0) is 49.4 Å². The van der Waals surface area contributed by atoms with Gasteiger partial charge < -0.3 is 10.5 Å². The van der Waals surface area contributed by atoms with Crippen molar-refractivity contribution in [3.8, 4) is 5.75 Å². The first-order valence-electron chi connectivity index (χ1n) is 7.45. The van der Waals surface area contributed by atoms with Crippen LogP contribution >= 0.6 is 0 Å². The lowest BCUT2D eigenvalue weighted by atomic mass is 10.0. The van der Waals surface area contributed by atoms with E-state index in [9.17, 15) is 8.42 Å². The smallest absolute Gasteiger partial charge is 0.243 e. The second-order valence-electron chi connectivity index (χ2n) is 5.90. The lowest BCUT2D eigenvalue weighted by Crippen LogP contribution is -2.28. The minimum Gasteiger partial charge on any atom is -0.488 e. The molecule has 0 radical (unpaired) electrons. The molecule has 21 heavy (non-hydrogen) atoms. The third kappa shape index (κ3) is 2.35.